The van der Waals surface area contributed by atoms with Crippen LogP contribution in [-0.4, -0.2) is 63.5 Å². The third kappa shape index (κ3) is 4.48. The second kappa shape index (κ2) is 8.94. The molecule has 33 heavy (non-hydrogen) atoms. The second-order valence-electron chi connectivity index (χ2n) is 8.89. The van der Waals surface area contributed by atoms with Crippen molar-refractivity contribution in [2.45, 2.75) is 45.8 Å². The zero-order valence-corrected chi connectivity index (χ0v) is 19.2. The monoisotopic (exact) mass is 453 g/mol. The van der Waals surface area contributed by atoms with Crippen molar-refractivity contribution < 1.29 is 23.5 Å². The van der Waals surface area contributed by atoms with Crippen molar-refractivity contribution in [3.05, 3.63) is 53.5 Å². The first-order valence-corrected chi connectivity index (χ1v) is 11.1. The Hall–Kier alpha value is -3.26. The molecule has 0 bridgehead atoms. The predicted molar refractivity (Wildman–Crippen MR) is 122 cm³/mol. The first-order chi connectivity index (χ1) is 15.7. The molecule has 1 fully saturated rings. The Morgan fingerprint density at radius 2 is 1.85 bits per heavy atom. The molecule has 0 unspecified atom stereocenters. The summed E-state index contributed by atoms with van der Waals surface area (Å²) in [6, 6.07) is 9.48. The van der Waals surface area contributed by atoms with Gasteiger partial charge in [-0.05, 0) is 50.1 Å². The molecule has 0 saturated carbocycles. The fourth-order valence-corrected chi connectivity index (χ4v) is 4.21. The van der Waals surface area contributed by atoms with E-state index in [0.29, 0.717) is 36.4 Å². The SMILES string of the molecule is CC(C)c1cc(-c2ccc(F)cc2)nc2cc(C(=O)N3CCN(C(=O)[C@@H](C)O)C[C@H]3C)oc12. The number of benzene rings is 1. The molecule has 7 nitrogen and oxygen atoms in total. The number of aliphatic hydroxyl groups excluding tert-OH is 1. The lowest BCUT2D eigenvalue weighted by Crippen LogP contribution is -2.56. The normalized spacial score (nSPS) is 17.6. The van der Waals surface area contributed by atoms with E-state index >= 15 is 0 Å². The zero-order chi connectivity index (χ0) is 23.9. The van der Waals surface area contributed by atoms with Crippen LogP contribution in [0, 0.1) is 5.82 Å². The molecule has 3 aromatic rings. The highest BCUT2D eigenvalue weighted by atomic mass is 19.1. The summed E-state index contributed by atoms with van der Waals surface area (Å²) in [7, 11) is 0. The average molecular weight is 454 g/mol. The summed E-state index contributed by atoms with van der Waals surface area (Å²) in [4.78, 5) is 33.3. The Morgan fingerprint density at radius 1 is 1.15 bits per heavy atom. The van der Waals surface area contributed by atoms with E-state index in [0.717, 1.165) is 11.1 Å². The van der Waals surface area contributed by atoms with Crippen LogP contribution in [0.25, 0.3) is 22.4 Å². The number of aromatic nitrogens is 1. The number of carbonyl (C=O) groups is 2. The number of halogens is 1. The molecule has 0 radical (unpaired) electrons. The Kier molecular flexibility index (Phi) is 6.21. The number of piperazine rings is 1. The molecule has 1 aromatic carbocycles. The van der Waals surface area contributed by atoms with E-state index < -0.39 is 6.10 Å². The molecule has 2 atom stereocenters. The number of amides is 2. The minimum atomic E-state index is -1.06. The van der Waals surface area contributed by atoms with Gasteiger partial charge in [-0.1, -0.05) is 13.8 Å². The molecule has 0 aliphatic carbocycles. The van der Waals surface area contributed by atoms with E-state index in [2.05, 4.69) is 4.98 Å². The summed E-state index contributed by atoms with van der Waals surface area (Å²) in [6.07, 6.45) is -1.06. The van der Waals surface area contributed by atoms with E-state index in [1.54, 1.807) is 28.0 Å². The average Bonchev–Trinajstić information content (AvgIpc) is 3.22. The van der Waals surface area contributed by atoms with Crippen LogP contribution in [0.4, 0.5) is 4.39 Å². The lowest BCUT2D eigenvalue weighted by molar-refractivity contribution is -0.141. The standard InChI is InChI=1S/C25H28FN3O4/c1-14(2)19-11-20(17-5-7-18(26)8-6-17)27-21-12-22(33-23(19)21)25(32)29-10-9-28(13-15(29)3)24(31)16(4)30/h5-8,11-12,14-16,30H,9-10,13H2,1-4H3/t15-,16-/m1/s1. The lowest BCUT2D eigenvalue weighted by atomic mass is 10.00. The van der Waals surface area contributed by atoms with Gasteiger partial charge in [0.1, 0.15) is 17.4 Å². The van der Waals surface area contributed by atoms with Gasteiger partial charge in [0.15, 0.2) is 11.3 Å². The Bertz CT molecular complexity index is 1190. The van der Waals surface area contributed by atoms with Gasteiger partial charge in [0.25, 0.3) is 11.8 Å². The number of hydrogen-bond acceptors (Lipinski definition) is 5. The smallest absolute Gasteiger partial charge is 0.290 e. The molecule has 1 aliphatic heterocycles. The molecule has 174 valence electrons. The van der Waals surface area contributed by atoms with Gasteiger partial charge in [0.05, 0.1) is 5.69 Å². The van der Waals surface area contributed by atoms with Gasteiger partial charge in [0, 0.05) is 42.9 Å². The number of hydrogen-bond donors (Lipinski definition) is 1. The molecule has 2 amide bonds. The largest absolute Gasteiger partial charge is 0.449 e. The molecule has 1 aliphatic rings. The maximum absolute atomic E-state index is 13.4. The fraction of sp³-hybridized carbons (Fsp3) is 0.400. The van der Waals surface area contributed by atoms with Crippen LogP contribution in [0.5, 0.6) is 0 Å². The van der Waals surface area contributed by atoms with E-state index in [4.69, 9.17) is 4.42 Å². The summed E-state index contributed by atoms with van der Waals surface area (Å²) in [5, 5.41) is 9.57. The number of fused-ring (bicyclic) bond motifs is 1. The van der Waals surface area contributed by atoms with Crippen molar-refractivity contribution in [2.75, 3.05) is 19.6 Å². The minimum Gasteiger partial charge on any atom is -0.449 e. The Morgan fingerprint density at radius 3 is 2.45 bits per heavy atom. The van der Waals surface area contributed by atoms with Gasteiger partial charge in [-0.25, -0.2) is 9.37 Å². The van der Waals surface area contributed by atoms with Gasteiger partial charge in [-0.15, -0.1) is 0 Å². The maximum Gasteiger partial charge on any atom is 0.290 e. The van der Waals surface area contributed by atoms with Gasteiger partial charge >= 0.3 is 0 Å². The van der Waals surface area contributed by atoms with E-state index in [1.807, 2.05) is 26.8 Å². The van der Waals surface area contributed by atoms with Crippen molar-refractivity contribution in [1.29, 1.82) is 0 Å². The van der Waals surface area contributed by atoms with E-state index in [1.165, 1.54) is 19.1 Å². The van der Waals surface area contributed by atoms with Crippen LogP contribution in [-0.2, 0) is 4.79 Å². The summed E-state index contributed by atoms with van der Waals surface area (Å²) in [6.45, 7) is 8.43. The summed E-state index contributed by atoms with van der Waals surface area (Å²) < 4.78 is 19.4. The highest BCUT2D eigenvalue weighted by molar-refractivity contribution is 5.96. The van der Waals surface area contributed by atoms with Crippen LogP contribution < -0.4 is 0 Å². The van der Waals surface area contributed by atoms with Crippen LogP contribution >= 0.6 is 0 Å². The topological polar surface area (TPSA) is 86.9 Å². The number of pyridine rings is 1. The molecule has 1 N–H and O–H groups in total. The molecule has 2 aromatic heterocycles. The van der Waals surface area contributed by atoms with Crippen molar-refractivity contribution in [3.8, 4) is 11.3 Å². The van der Waals surface area contributed by atoms with Gasteiger partial charge in [-0.3, -0.25) is 9.59 Å². The summed E-state index contributed by atoms with van der Waals surface area (Å²) in [5.41, 5.74) is 3.51. The highest BCUT2D eigenvalue weighted by Gasteiger charge is 2.33. The Balaban J connectivity index is 1.65. The number of rotatable bonds is 4. The van der Waals surface area contributed by atoms with Crippen LogP contribution in [0.15, 0.2) is 40.8 Å². The summed E-state index contributed by atoms with van der Waals surface area (Å²) >= 11 is 0. The first kappa shape index (κ1) is 22.9. The maximum atomic E-state index is 13.4. The fourth-order valence-electron chi connectivity index (χ4n) is 4.21. The third-order valence-corrected chi connectivity index (χ3v) is 6.04. The van der Waals surface area contributed by atoms with Crippen LogP contribution in [0.2, 0.25) is 0 Å². The third-order valence-electron chi connectivity index (χ3n) is 6.04. The van der Waals surface area contributed by atoms with Crippen molar-refractivity contribution in [2.24, 2.45) is 0 Å². The van der Waals surface area contributed by atoms with Crippen molar-refractivity contribution in [1.82, 2.24) is 14.8 Å². The van der Waals surface area contributed by atoms with Crippen molar-refractivity contribution in [3.63, 3.8) is 0 Å². The van der Waals surface area contributed by atoms with E-state index in [-0.39, 0.29) is 35.4 Å². The van der Waals surface area contributed by atoms with Crippen molar-refractivity contribution >= 4 is 22.9 Å². The van der Waals surface area contributed by atoms with Crippen LogP contribution in [0.1, 0.15) is 49.7 Å². The quantitative estimate of drug-likeness (QED) is 0.649. The van der Waals surface area contributed by atoms with Gasteiger partial charge < -0.3 is 19.3 Å². The number of furan rings is 1. The molecular weight excluding hydrogens is 425 g/mol. The Labute approximate surface area is 191 Å². The number of carbonyl (C=O) groups excluding carboxylic acids is 2. The minimum absolute atomic E-state index is 0.123. The lowest BCUT2D eigenvalue weighted by Gasteiger charge is -2.39. The number of aliphatic hydroxyl groups is 1. The number of nitrogens with zero attached hydrogens (tertiary/aromatic N) is 3. The summed E-state index contributed by atoms with van der Waals surface area (Å²) in [5.74, 6) is -0.598. The van der Waals surface area contributed by atoms with Gasteiger partial charge in [0.2, 0.25) is 0 Å². The highest BCUT2D eigenvalue weighted by Crippen LogP contribution is 2.32. The molecule has 3 heterocycles. The molecular formula is C25H28FN3O4. The van der Waals surface area contributed by atoms with Crippen LogP contribution in [0.3, 0.4) is 0 Å². The zero-order valence-electron chi connectivity index (χ0n) is 19.2. The van der Waals surface area contributed by atoms with Gasteiger partial charge in [-0.2, -0.15) is 0 Å². The first-order valence-electron chi connectivity index (χ1n) is 11.1. The molecule has 4 rings (SSSR count). The second-order valence-corrected chi connectivity index (χ2v) is 8.89. The van der Waals surface area contributed by atoms with E-state index in [9.17, 15) is 19.1 Å². The molecule has 1 saturated heterocycles. The molecule has 8 heteroatoms. The molecule has 0 spiro atoms. The predicted octanol–water partition coefficient (Wildman–Crippen LogP) is 3.81.